The molecular weight excluding hydrogens is 545 g/mol. The molecular formula is C11H19I3O2. The molecule has 0 aromatic rings. The van der Waals surface area contributed by atoms with E-state index >= 15 is 0 Å². The number of hydrogen-bond donors (Lipinski definition) is 0. The van der Waals surface area contributed by atoms with Crippen LogP contribution in [0.3, 0.4) is 0 Å². The van der Waals surface area contributed by atoms with Crippen LogP contribution in [0.25, 0.3) is 0 Å². The SMILES string of the molecule is CCCCCCCC(=O)OCC(I)C(I)I. The van der Waals surface area contributed by atoms with Gasteiger partial charge in [-0.2, -0.15) is 0 Å². The summed E-state index contributed by atoms with van der Waals surface area (Å²) in [6.45, 7) is 2.74. The molecule has 0 aliphatic rings. The summed E-state index contributed by atoms with van der Waals surface area (Å²) in [6, 6.07) is 0. The van der Waals surface area contributed by atoms with Crippen LogP contribution in [-0.4, -0.2) is 18.4 Å². The largest absolute Gasteiger partial charge is 0.464 e. The molecule has 0 saturated carbocycles. The number of carbonyl (C=O) groups excluding carboxylic acids is 1. The van der Waals surface area contributed by atoms with Crippen molar-refractivity contribution in [2.45, 2.75) is 51.3 Å². The summed E-state index contributed by atoms with van der Waals surface area (Å²) in [7, 11) is 0. The predicted octanol–water partition coefficient (Wildman–Crippen LogP) is 4.89. The molecule has 0 N–H and O–H groups in total. The summed E-state index contributed by atoms with van der Waals surface area (Å²) in [5, 5.41) is 0. The van der Waals surface area contributed by atoms with Crippen molar-refractivity contribution in [3.63, 3.8) is 0 Å². The van der Waals surface area contributed by atoms with Gasteiger partial charge in [0.1, 0.15) is 6.61 Å². The number of ether oxygens (including phenoxy) is 1. The van der Waals surface area contributed by atoms with Crippen molar-refractivity contribution in [2.75, 3.05) is 6.61 Å². The van der Waals surface area contributed by atoms with Crippen molar-refractivity contribution in [3.05, 3.63) is 0 Å². The molecule has 0 saturated heterocycles. The van der Waals surface area contributed by atoms with Crippen LogP contribution in [0.2, 0.25) is 0 Å². The average molecular weight is 564 g/mol. The van der Waals surface area contributed by atoms with Gasteiger partial charge in [-0.05, 0) is 6.42 Å². The zero-order valence-corrected chi connectivity index (χ0v) is 16.0. The maximum absolute atomic E-state index is 11.4. The third kappa shape index (κ3) is 10.8. The van der Waals surface area contributed by atoms with Gasteiger partial charge in [-0.1, -0.05) is 100 Å². The Balaban J connectivity index is 3.38. The van der Waals surface area contributed by atoms with Crippen molar-refractivity contribution < 1.29 is 9.53 Å². The van der Waals surface area contributed by atoms with Gasteiger partial charge in [0.2, 0.25) is 0 Å². The molecule has 5 heteroatoms. The molecule has 0 bridgehead atoms. The van der Waals surface area contributed by atoms with Gasteiger partial charge in [0.15, 0.2) is 0 Å². The van der Waals surface area contributed by atoms with E-state index in [0.29, 0.717) is 18.9 Å². The fourth-order valence-electron chi connectivity index (χ4n) is 1.19. The molecule has 2 nitrogen and oxygen atoms in total. The highest BCUT2D eigenvalue weighted by atomic mass is 127. The molecule has 0 aliphatic carbocycles. The highest BCUT2D eigenvalue weighted by Crippen LogP contribution is 2.22. The Morgan fingerprint density at radius 1 is 1.12 bits per heavy atom. The summed E-state index contributed by atoms with van der Waals surface area (Å²) >= 11 is 7.02. The number of carbonyl (C=O) groups is 1. The predicted molar refractivity (Wildman–Crippen MR) is 94.0 cm³/mol. The van der Waals surface area contributed by atoms with E-state index in [4.69, 9.17) is 4.74 Å². The van der Waals surface area contributed by atoms with Crippen molar-refractivity contribution >= 4 is 73.7 Å². The fraction of sp³-hybridized carbons (Fsp3) is 0.909. The lowest BCUT2D eigenvalue weighted by Gasteiger charge is -2.11. The number of halogens is 3. The molecule has 16 heavy (non-hydrogen) atoms. The van der Waals surface area contributed by atoms with Crippen LogP contribution in [0.1, 0.15) is 45.4 Å². The van der Waals surface area contributed by atoms with Crippen LogP contribution in [0.5, 0.6) is 0 Å². The van der Waals surface area contributed by atoms with E-state index in [1.807, 2.05) is 0 Å². The van der Waals surface area contributed by atoms with Crippen molar-refractivity contribution in [2.24, 2.45) is 0 Å². The van der Waals surface area contributed by atoms with Crippen molar-refractivity contribution in [3.8, 4) is 0 Å². The van der Waals surface area contributed by atoms with E-state index in [9.17, 15) is 4.79 Å². The summed E-state index contributed by atoms with van der Waals surface area (Å²) < 4.78 is 6.13. The first-order valence-corrected chi connectivity index (χ1v) is 9.39. The molecule has 0 radical (unpaired) electrons. The van der Waals surface area contributed by atoms with Gasteiger partial charge in [-0.25, -0.2) is 0 Å². The van der Waals surface area contributed by atoms with Crippen LogP contribution < -0.4 is 0 Å². The molecule has 0 amide bonds. The average Bonchev–Trinajstić information content (AvgIpc) is 2.25. The Labute approximate surface area is 139 Å². The molecule has 0 rings (SSSR count). The number of hydrogen-bond acceptors (Lipinski definition) is 2. The van der Waals surface area contributed by atoms with E-state index in [1.165, 1.54) is 19.3 Å². The monoisotopic (exact) mass is 564 g/mol. The smallest absolute Gasteiger partial charge is 0.305 e. The number of esters is 1. The first-order chi connectivity index (χ1) is 7.57. The van der Waals surface area contributed by atoms with Crippen molar-refractivity contribution in [1.82, 2.24) is 0 Å². The number of alkyl halides is 3. The lowest BCUT2D eigenvalue weighted by molar-refractivity contribution is -0.143. The Kier molecular flexibility index (Phi) is 13.0. The molecule has 0 aliphatic heterocycles. The highest BCUT2D eigenvalue weighted by Gasteiger charge is 2.14. The minimum absolute atomic E-state index is 0.0355. The van der Waals surface area contributed by atoms with Crippen LogP contribution in [0.4, 0.5) is 0 Å². The second-order valence-electron chi connectivity index (χ2n) is 3.70. The molecule has 0 spiro atoms. The lowest BCUT2D eigenvalue weighted by atomic mass is 10.1. The van der Waals surface area contributed by atoms with Gasteiger partial charge in [0, 0.05) is 6.42 Å². The second kappa shape index (κ2) is 11.7. The van der Waals surface area contributed by atoms with Gasteiger partial charge in [0.25, 0.3) is 0 Å². The van der Waals surface area contributed by atoms with E-state index in [0.717, 1.165) is 12.8 Å². The zero-order valence-electron chi connectivity index (χ0n) is 9.55. The standard InChI is InChI=1S/C11H19I3O2/c1-2-3-4-5-6-7-10(15)16-8-9(12)11(13)14/h9,11H,2-8H2,1H3. The summed E-state index contributed by atoms with van der Waals surface area (Å²) in [5.41, 5.74) is 0. The normalized spacial score (nSPS) is 12.8. The van der Waals surface area contributed by atoms with Crippen LogP contribution >= 0.6 is 67.8 Å². The third-order valence-electron chi connectivity index (χ3n) is 2.16. The number of rotatable bonds is 9. The topological polar surface area (TPSA) is 26.3 Å². The lowest BCUT2D eigenvalue weighted by Crippen LogP contribution is -2.18. The third-order valence-corrected chi connectivity index (χ3v) is 7.73. The maximum atomic E-state index is 11.4. The zero-order chi connectivity index (χ0) is 12.4. The van der Waals surface area contributed by atoms with E-state index in [-0.39, 0.29) is 5.97 Å². The van der Waals surface area contributed by atoms with E-state index in [2.05, 4.69) is 74.7 Å². The first kappa shape index (κ1) is 17.7. The van der Waals surface area contributed by atoms with Gasteiger partial charge < -0.3 is 4.74 Å². The van der Waals surface area contributed by atoms with Gasteiger partial charge in [-0.3, -0.25) is 4.79 Å². The minimum Gasteiger partial charge on any atom is -0.464 e. The maximum Gasteiger partial charge on any atom is 0.305 e. The highest BCUT2D eigenvalue weighted by molar-refractivity contribution is 14.2. The van der Waals surface area contributed by atoms with Crippen LogP contribution in [0.15, 0.2) is 0 Å². The number of unbranched alkanes of at least 4 members (excludes halogenated alkanes) is 4. The fourth-order valence-corrected chi connectivity index (χ4v) is 1.79. The molecule has 0 aromatic heterocycles. The summed E-state index contributed by atoms with van der Waals surface area (Å²) in [5.74, 6) is -0.0355. The Morgan fingerprint density at radius 3 is 2.31 bits per heavy atom. The molecule has 0 fully saturated rings. The van der Waals surface area contributed by atoms with E-state index in [1.54, 1.807) is 0 Å². The molecule has 0 aromatic carbocycles. The van der Waals surface area contributed by atoms with Crippen LogP contribution in [-0.2, 0) is 9.53 Å². The Morgan fingerprint density at radius 2 is 1.75 bits per heavy atom. The Hall–Kier alpha value is 1.66. The summed E-state index contributed by atoms with van der Waals surface area (Å²) in [6.07, 6.45) is 6.47. The molecule has 96 valence electrons. The van der Waals surface area contributed by atoms with Crippen molar-refractivity contribution in [1.29, 1.82) is 0 Å². The van der Waals surface area contributed by atoms with Gasteiger partial charge >= 0.3 is 5.97 Å². The quantitative estimate of drug-likeness (QED) is 0.173. The van der Waals surface area contributed by atoms with Gasteiger partial charge in [0.05, 0.1) is 5.86 Å². The van der Waals surface area contributed by atoms with E-state index < -0.39 is 0 Å². The molecule has 0 heterocycles. The van der Waals surface area contributed by atoms with Crippen LogP contribution in [0, 0.1) is 0 Å². The first-order valence-electron chi connectivity index (χ1n) is 5.65. The van der Waals surface area contributed by atoms with Gasteiger partial charge in [-0.15, -0.1) is 0 Å². The summed E-state index contributed by atoms with van der Waals surface area (Å²) in [4.78, 5) is 11.4. The molecule has 1 unspecified atom stereocenters. The minimum atomic E-state index is -0.0355. The second-order valence-corrected chi connectivity index (χ2v) is 10.4. The molecule has 1 atom stereocenters. The Bertz CT molecular complexity index is 186.